The first-order valence-electron chi connectivity index (χ1n) is 3.70. The number of aliphatic hydroxyl groups is 1. The molecule has 11 heavy (non-hydrogen) atoms. The van der Waals surface area contributed by atoms with Crippen LogP contribution in [-0.2, 0) is 9.47 Å². The van der Waals surface area contributed by atoms with Gasteiger partial charge in [-0.2, -0.15) is 0 Å². The highest BCUT2D eigenvalue weighted by molar-refractivity contribution is 4.74. The quantitative estimate of drug-likeness (QED) is 0.644. The summed E-state index contributed by atoms with van der Waals surface area (Å²) in [5.41, 5.74) is 0. The van der Waals surface area contributed by atoms with Crippen LogP contribution in [0.4, 0.5) is 4.39 Å². The number of hydrogen-bond acceptors (Lipinski definition) is 3. The van der Waals surface area contributed by atoms with Crippen LogP contribution in [0.1, 0.15) is 12.8 Å². The van der Waals surface area contributed by atoms with Gasteiger partial charge >= 0.3 is 0 Å². The van der Waals surface area contributed by atoms with Gasteiger partial charge in [-0.1, -0.05) is 0 Å². The van der Waals surface area contributed by atoms with Crippen molar-refractivity contribution in [2.75, 3.05) is 13.8 Å². The molecule has 1 fully saturated rings. The molecule has 66 valence electrons. The minimum atomic E-state index is -0.700. The number of hydrogen-bond donors (Lipinski definition) is 1. The molecule has 1 aliphatic heterocycles. The summed E-state index contributed by atoms with van der Waals surface area (Å²) in [5, 5.41) is 9.16. The average molecular weight is 164 g/mol. The molecule has 0 aliphatic carbocycles. The summed E-state index contributed by atoms with van der Waals surface area (Å²) in [5.74, 6) is 0. The molecular formula is C7H13FO3. The van der Waals surface area contributed by atoms with Gasteiger partial charge in [-0.15, -0.1) is 0 Å². The van der Waals surface area contributed by atoms with Gasteiger partial charge in [-0.05, 0) is 6.42 Å². The first-order chi connectivity index (χ1) is 5.27. The highest BCUT2D eigenvalue weighted by Crippen LogP contribution is 2.20. The predicted octanol–water partition coefficient (Wildman–Crippen LogP) is 0.468. The van der Waals surface area contributed by atoms with Crippen LogP contribution < -0.4 is 0 Å². The van der Waals surface area contributed by atoms with Gasteiger partial charge in [-0.25, -0.2) is 4.39 Å². The molecule has 0 amide bonds. The molecule has 1 saturated heterocycles. The van der Waals surface area contributed by atoms with Crippen LogP contribution in [0.15, 0.2) is 0 Å². The van der Waals surface area contributed by atoms with Crippen LogP contribution in [0.2, 0.25) is 0 Å². The zero-order valence-electron chi connectivity index (χ0n) is 6.50. The lowest BCUT2D eigenvalue weighted by atomic mass is 10.1. The third kappa shape index (κ3) is 2.12. The highest BCUT2D eigenvalue weighted by atomic mass is 19.1. The molecule has 1 aliphatic rings. The van der Waals surface area contributed by atoms with Crippen molar-refractivity contribution in [2.45, 2.75) is 31.3 Å². The molecule has 0 bridgehead atoms. The van der Waals surface area contributed by atoms with E-state index in [-0.39, 0.29) is 6.29 Å². The summed E-state index contributed by atoms with van der Waals surface area (Å²) >= 11 is 0. The number of halogens is 1. The van der Waals surface area contributed by atoms with E-state index >= 15 is 0 Å². The minimum absolute atomic E-state index is 0.348. The van der Waals surface area contributed by atoms with E-state index in [9.17, 15) is 4.39 Å². The van der Waals surface area contributed by atoms with E-state index in [1.54, 1.807) is 0 Å². The molecule has 1 N–H and O–H groups in total. The summed E-state index contributed by atoms with van der Waals surface area (Å²) < 4.78 is 22.0. The molecular weight excluding hydrogens is 151 g/mol. The second-order valence-corrected chi connectivity index (χ2v) is 2.64. The minimum Gasteiger partial charge on any atom is -0.390 e. The van der Waals surface area contributed by atoms with Gasteiger partial charge in [0.2, 0.25) is 0 Å². The first-order valence-corrected chi connectivity index (χ1v) is 3.70. The van der Waals surface area contributed by atoms with Crippen LogP contribution in [0.3, 0.4) is 0 Å². The molecule has 3 nitrogen and oxygen atoms in total. The Morgan fingerprint density at radius 3 is 2.91 bits per heavy atom. The van der Waals surface area contributed by atoms with E-state index in [1.807, 2.05) is 0 Å². The topological polar surface area (TPSA) is 38.7 Å². The maximum atomic E-state index is 12.1. The van der Waals surface area contributed by atoms with Crippen molar-refractivity contribution in [3.05, 3.63) is 0 Å². The summed E-state index contributed by atoms with van der Waals surface area (Å²) in [6, 6.07) is 0. The number of alkyl halides is 1. The number of rotatable bonds is 2. The standard InChI is InChI=1S/C7H13FO3/c1-10-7-3-2-5(9)6(4-8)11-7/h5-7,9H,2-4H2,1H3/t5-,6+,7+/m1/s1. The highest BCUT2D eigenvalue weighted by Gasteiger charge is 2.29. The van der Waals surface area contributed by atoms with Gasteiger partial charge in [0.25, 0.3) is 0 Å². The lowest BCUT2D eigenvalue weighted by Crippen LogP contribution is -2.40. The molecule has 0 unspecified atom stereocenters. The van der Waals surface area contributed by atoms with E-state index in [4.69, 9.17) is 14.6 Å². The normalized spacial score (nSPS) is 39.0. The third-order valence-electron chi connectivity index (χ3n) is 1.87. The van der Waals surface area contributed by atoms with Gasteiger partial charge in [0.15, 0.2) is 6.29 Å². The van der Waals surface area contributed by atoms with Gasteiger partial charge in [0.05, 0.1) is 6.10 Å². The molecule has 4 heteroatoms. The molecule has 0 saturated carbocycles. The smallest absolute Gasteiger partial charge is 0.157 e. The van der Waals surface area contributed by atoms with Gasteiger partial charge in [0.1, 0.15) is 12.8 Å². The van der Waals surface area contributed by atoms with Crippen LogP contribution in [0.25, 0.3) is 0 Å². The third-order valence-corrected chi connectivity index (χ3v) is 1.87. The zero-order valence-corrected chi connectivity index (χ0v) is 6.50. The Morgan fingerprint density at radius 2 is 2.36 bits per heavy atom. The molecule has 0 aromatic carbocycles. The lowest BCUT2D eigenvalue weighted by Gasteiger charge is -2.31. The number of aliphatic hydroxyl groups excluding tert-OH is 1. The SMILES string of the molecule is CO[C@@H]1CC[C@@H](O)[C@H](CF)O1. The second kappa shape index (κ2) is 3.99. The molecule has 0 aromatic heterocycles. The van der Waals surface area contributed by atoms with E-state index in [1.165, 1.54) is 7.11 Å². The van der Waals surface area contributed by atoms with Crippen molar-refractivity contribution in [3.8, 4) is 0 Å². The first kappa shape index (κ1) is 8.90. The fraction of sp³-hybridized carbons (Fsp3) is 1.00. The Kier molecular flexibility index (Phi) is 3.23. The Labute approximate surface area is 65.1 Å². The summed E-state index contributed by atoms with van der Waals surface area (Å²) in [6.07, 6.45) is -0.541. The molecule has 1 rings (SSSR count). The summed E-state index contributed by atoms with van der Waals surface area (Å²) in [4.78, 5) is 0. The van der Waals surface area contributed by atoms with Crippen molar-refractivity contribution in [2.24, 2.45) is 0 Å². The van der Waals surface area contributed by atoms with E-state index in [0.29, 0.717) is 12.8 Å². The Hall–Kier alpha value is -0.190. The Balaban J connectivity index is 2.37. The van der Waals surface area contributed by atoms with Crippen molar-refractivity contribution >= 4 is 0 Å². The van der Waals surface area contributed by atoms with Gasteiger partial charge < -0.3 is 14.6 Å². The van der Waals surface area contributed by atoms with Gasteiger partial charge in [0, 0.05) is 13.5 Å². The van der Waals surface area contributed by atoms with Crippen molar-refractivity contribution in [1.29, 1.82) is 0 Å². The largest absolute Gasteiger partial charge is 0.390 e. The maximum absolute atomic E-state index is 12.1. The van der Waals surface area contributed by atoms with Crippen molar-refractivity contribution in [1.82, 2.24) is 0 Å². The van der Waals surface area contributed by atoms with Crippen molar-refractivity contribution < 1.29 is 19.0 Å². The van der Waals surface area contributed by atoms with Gasteiger partial charge in [-0.3, -0.25) is 0 Å². The number of methoxy groups -OCH3 is 1. The van der Waals surface area contributed by atoms with E-state index in [0.717, 1.165) is 0 Å². The molecule has 1 heterocycles. The Bertz CT molecular complexity index is 120. The average Bonchev–Trinajstić information content (AvgIpc) is 2.05. The fourth-order valence-electron chi connectivity index (χ4n) is 1.16. The van der Waals surface area contributed by atoms with E-state index in [2.05, 4.69) is 0 Å². The fourth-order valence-corrected chi connectivity index (χ4v) is 1.16. The predicted molar refractivity (Wildman–Crippen MR) is 36.9 cm³/mol. The summed E-state index contributed by atoms with van der Waals surface area (Å²) in [7, 11) is 1.51. The van der Waals surface area contributed by atoms with E-state index < -0.39 is 18.9 Å². The second-order valence-electron chi connectivity index (χ2n) is 2.64. The maximum Gasteiger partial charge on any atom is 0.157 e. The molecule has 3 atom stereocenters. The van der Waals surface area contributed by atoms with Crippen molar-refractivity contribution in [3.63, 3.8) is 0 Å². The monoisotopic (exact) mass is 164 g/mol. The molecule has 0 aromatic rings. The molecule has 0 spiro atoms. The lowest BCUT2D eigenvalue weighted by molar-refractivity contribution is -0.214. The van der Waals surface area contributed by atoms with Crippen LogP contribution >= 0.6 is 0 Å². The Morgan fingerprint density at radius 1 is 1.64 bits per heavy atom. The van der Waals surface area contributed by atoms with Crippen LogP contribution in [0, 0.1) is 0 Å². The summed E-state index contributed by atoms with van der Waals surface area (Å²) in [6.45, 7) is -0.652. The van der Waals surface area contributed by atoms with Crippen LogP contribution in [-0.4, -0.2) is 37.4 Å². The number of ether oxygens (including phenoxy) is 2. The zero-order chi connectivity index (χ0) is 8.27. The van der Waals surface area contributed by atoms with Crippen LogP contribution in [0.5, 0.6) is 0 Å². The molecule has 0 radical (unpaired) electrons.